The standard InChI is InChI=1S/C16H22BrN3O/c1-2-5-10-6-3-4-7-20(10)14-9-13-11(8-12(14)17)15(18)16(21)19-13/h8-10,15H,2-7,18H2,1H3,(H,19,21). The van der Waals surface area contributed by atoms with E-state index in [1.807, 2.05) is 6.07 Å². The predicted molar refractivity (Wildman–Crippen MR) is 89.6 cm³/mol. The summed E-state index contributed by atoms with van der Waals surface area (Å²) in [6, 6.07) is 4.14. The van der Waals surface area contributed by atoms with Gasteiger partial charge >= 0.3 is 0 Å². The molecule has 0 radical (unpaired) electrons. The van der Waals surface area contributed by atoms with Crippen molar-refractivity contribution in [3.05, 3.63) is 22.2 Å². The largest absolute Gasteiger partial charge is 0.368 e. The van der Waals surface area contributed by atoms with E-state index >= 15 is 0 Å². The van der Waals surface area contributed by atoms with E-state index < -0.39 is 6.04 Å². The number of rotatable bonds is 3. The molecule has 2 atom stereocenters. The van der Waals surface area contributed by atoms with Gasteiger partial charge in [-0.05, 0) is 53.7 Å². The van der Waals surface area contributed by atoms with Gasteiger partial charge in [-0.15, -0.1) is 0 Å². The van der Waals surface area contributed by atoms with Crippen molar-refractivity contribution in [1.82, 2.24) is 0 Å². The third-order valence-corrected chi connectivity index (χ3v) is 5.19. The van der Waals surface area contributed by atoms with Gasteiger partial charge < -0.3 is 16.0 Å². The van der Waals surface area contributed by atoms with Crippen molar-refractivity contribution >= 4 is 33.2 Å². The first-order chi connectivity index (χ1) is 10.1. The van der Waals surface area contributed by atoms with Gasteiger partial charge in [-0.2, -0.15) is 0 Å². The third kappa shape index (κ3) is 2.69. The number of amides is 1. The molecule has 5 heteroatoms. The maximum absolute atomic E-state index is 11.7. The number of halogens is 1. The van der Waals surface area contributed by atoms with Crippen LogP contribution in [0.4, 0.5) is 11.4 Å². The summed E-state index contributed by atoms with van der Waals surface area (Å²) in [6.07, 6.45) is 6.21. The lowest BCUT2D eigenvalue weighted by atomic mass is 9.97. The summed E-state index contributed by atoms with van der Waals surface area (Å²) in [7, 11) is 0. The Hall–Kier alpha value is -1.07. The van der Waals surface area contributed by atoms with E-state index in [2.05, 4.69) is 39.1 Å². The van der Waals surface area contributed by atoms with Crippen molar-refractivity contribution in [3.63, 3.8) is 0 Å². The zero-order valence-corrected chi connectivity index (χ0v) is 13.9. The van der Waals surface area contributed by atoms with Gasteiger partial charge in [-0.1, -0.05) is 13.3 Å². The van der Waals surface area contributed by atoms with E-state index in [9.17, 15) is 4.79 Å². The Balaban J connectivity index is 1.95. The Kier molecular flexibility index (Phi) is 4.22. The molecule has 3 rings (SSSR count). The summed E-state index contributed by atoms with van der Waals surface area (Å²) in [4.78, 5) is 14.2. The fourth-order valence-electron chi connectivity index (χ4n) is 3.47. The minimum absolute atomic E-state index is 0.113. The first kappa shape index (κ1) is 14.9. The minimum atomic E-state index is -0.543. The third-order valence-electron chi connectivity index (χ3n) is 4.55. The fraction of sp³-hybridized carbons (Fsp3) is 0.562. The summed E-state index contributed by atoms with van der Waals surface area (Å²) < 4.78 is 1.04. The van der Waals surface area contributed by atoms with E-state index in [-0.39, 0.29) is 5.91 Å². The molecule has 0 spiro atoms. The highest BCUT2D eigenvalue weighted by Gasteiger charge is 2.30. The number of nitrogens with two attached hydrogens (primary N) is 1. The molecule has 3 N–H and O–H groups in total. The first-order valence-electron chi connectivity index (χ1n) is 7.78. The Morgan fingerprint density at radius 1 is 1.43 bits per heavy atom. The number of hydrogen-bond donors (Lipinski definition) is 2. The maximum atomic E-state index is 11.7. The molecule has 1 amide bonds. The van der Waals surface area contributed by atoms with Crippen LogP contribution in [-0.2, 0) is 4.79 Å². The van der Waals surface area contributed by atoms with Crippen LogP contribution in [0.5, 0.6) is 0 Å². The van der Waals surface area contributed by atoms with Crippen LogP contribution in [0.3, 0.4) is 0 Å². The summed E-state index contributed by atoms with van der Waals surface area (Å²) in [5.74, 6) is -0.113. The number of nitrogens with zero attached hydrogens (tertiary/aromatic N) is 1. The highest BCUT2D eigenvalue weighted by Crippen LogP contribution is 2.40. The lowest BCUT2D eigenvalue weighted by molar-refractivity contribution is -0.116. The van der Waals surface area contributed by atoms with Gasteiger partial charge in [-0.25, -0.2) is 0 Å². The monoisotopic (exact) mass is 351 g/mol. The van der Waals surface area contributed by atoms with Crippen LogP contribution in [0, 0.1) is 0 Å². The fourth-order valence-corrected chi connectivity index (χ4v) is 4.05. The van der Waals surface area contributed by atoms with Crippen molar-refractivity contribution in [2.24, 2.45) is 5.73 Å². The van der Waals surface area contributed by atoms with E-state index in [1.165, 1.54) is 37.8 Å². The summed E-state index contributed by atoms with van der Waals surface area (Å²) in [5, 5.41) is 2.89. The minimum Gasteiger partial charge on any atom is -0.368 e. The quantitative estimate of drug-likeness (QED) is 0.875. The molecule has 0 saturated carbocycles. The second kappa shape index (κ2) is 5.97. The number of nitrogens with one attached hydrogen (secondary N) is 1. The van der Waals surface area contributed by atoms with Crippen molar-refractivity contribution in [3.8, 4) is 0 Å². The number of hydrogen-bond acceptors (Lipinski definition) is 3. The lowest BCUT2D eigenvalue weighted by Gasteiger charge is -2.38. The molecule has 2 aliphatic rings. The van der Waals surface area contributed by atoms with E-state index in [0.717, 1.165) is 22.3 Å². The Labute approximate surface area is 134 Å². The van der Waals surface area contributed by atoms with Gasteiger partial charge in [-0.3, -0.25) is 4.79 Å². The van der Waals surface area contributed by atoms with Gasteiger partial charge in [0.25, 0.3) is 0 Å². The molecule has 2 heterocycles. The van der Waals surface area contributed by atoms with Gasteiger partial charge in [0, 0.05) is 28.3 Å². The van der Waals surface area contributed by atoms with E-state index in [0.29, 0.717) is 6.04 Å². The molecule has 114 valence electrons. The molecular formula is C16H22BrN3O. The van der Waals surface area contributed by atoms with Gasteiger partial charge in [0.2, 0.25) is 5.91 Å². The van der Waals surface area contributed by atoms with E-state index in [1.54, 1.807) is 0 Å². The molecule has 21 heavy (non-hydrogen) atoms. The number of piperidine rings is 1. The highest BCUT2D eigenvalue weighted by atomic mass is 79.9. The Morgan fingerprint density at radius 2 is 2.24 bits per heavy atom. The molecule has 0 bridgehead atoms. The highest BCUT2D eigenvalue weighted by molar-refractivity contribution is 9.10. The van der Waals surface area contributed by atoms with Gasteiger partial charge in [0.05, 0.1) is 5.69 Å². The molecule has 1 saturated heterocycles. The van der Waals surface area contributed by atoms with Crippen LogP contribution in [0.1, 0.15) is 50.6 Å². The van der Waals surface area contributed by atoms with Crippen molar-refractivity contribution in [2.75, 3.05) is 16.8 Å². The van der Waals surface area contributed by atoms with Crippen LogP contribution < -0.4 is 16.0 Å². The molecule has 4 nitrogen and oxygen atoms in total. The molecule has 0 aliphatic carbocycles. The van der Waals surface area contributed by atoms with Crippen molar-refractivity contribution in [1.29, 1.82) is 0 Å². The van der Waals surface area contributed by atoms with Crippen LogP contribution in [0.15, 0.2) is 16.6 Å². The topological polar surface area (TPSA) is 58.4 Å². The van der Waals surface area contributed by atoms with E-state index in [4.69, 9.17) is 5.73 Å². The number of anilines is 2. The van der Waals surface area contributed by atoms with Crippen molar-refractivity contribution in [2.45, 2.75) is 51.1 Å². The zero-order valence-electron chi connectivity index (χ0n) is 12.4. The number of fused-ring (bicyclic) bond motifs is 1. The summed E-state index contributed by atoms with van der Waals surface area (Å²) in [6.45, 7) is 3.33. The second-order valence-corrected chi connectivity index (χ2v) is 6.84. The molecule has 0 aromatic heterocycles. The molecule has 1 fully saturated rings. The normalized spacial score (nSPS) is 24.9. The second-order valence-electron chi connectivity index (χ2n) is 5.99. The molecule has 1 aromatic carbocycles. The molecule has 1 aromatic rings. The predicted octanol–water partition coefficient (Wildman–Crippen LogP) is 3.56. The molecule has 2 unspecified atom stereocenters. The SMILES string of the molecule is CCCC1CCCCN1c1cc2c(cc1Br)C(N)C(=O)N2. The zero-order chi connectivity index (χ0) is 15.0. The van der Waals surface area contributed by atoms with Crippen molar-refractivity contribution < 1.29 is 4.79 Å². The number of carbonyl (C=O) groups excluding carboxylic acids is 1. The molecular weight excluding hydrogens is 330 g/mol. The van der Waals surface area contributed by atoms with Crippen LogP contribution in [0.25, 0.3) is 0 Å². The lowest BCUT2D eigenvalue weighted by Crippen LogP contribution is -2.39. The number of carbonyl (C=O) groups is 1. The smallest absolute Gasteiger partial charge is 0.245 e. The Bertz CT molecular complexity index is 559. The van der Waals surface area contributed by atoms with Gasteiger partial charge in [0.15, 0.2) is 0 Å². The number of benzene rings is 1. The average Bonchev–Trinajstić information content (AvgIpc) is 2.75. The molecule has 2 aliphatic heterocycles. The van der Waals surface area contributed by atoms with Crippen LogP contribution in [0.2, 0.25) is 0 Å². The van der Waals surface area contributed by atoms with Crippen LogP contribution >= 0.6 is 15.9 Å². The van der Waals surface area contributed by atoms with Crippen LogP contribution in [-0.4, -0.2) is 18.5 Å². The maximum Gasteiger partial charge on any atom is 0.245 e. The van der Waals surface area contributed by atoms with Gasteiger partial charge in [0.1, 0.15) is 6.04 Å². The average molecular weight is 352 g/mol. The summed E-state index contributed by atoms with van der Waals surface area (Å²) >= 11 is 3.68. The Morgan fingerprint density at radius 3 is 3.00 bits per heavy atom. The summed E-state index contributed by atoms with van der Waals surface area (Å²) in [5.41, 5.74) is 8.85. The first-order valence-corrected chi connectivity index (χ1v) is 8.57.